The maximum Gasteiger partial charge on any atom is 0.147 e. The van der Waals surface area contributed by atoms with Gasteiger partial charge in [-0.25, -0.2) is 4.68 Å². The highest BCUT2D eigenvalue weighted by atomic mass is 16.4. The van der Waals surface area contributed by atoms with E-state index in [0.29, 0.717) is 18.1 Å². The Morgan fingerprint density at radius 3 is 2.75 bits per heavy atom. The minimum absolute atomic E-state index is 0.0949. The number of anilines is 2. The van der Waals surface area contributed by atoms with Crippen LogP contribution < -0.4 is 11.1 Å². The molecule has 0 saturated heterocycles. The van der Waals surface area contributed by atoms with Gasteiger partial charge >= 0.3 is 0 Å². The SMILES string of the molecule is CCn1ncc(N)c1NCC(O)C(O)CO. The van der Waals surface area contributed by atoms with Crippen molar-refractivity contribution in [2.24, 2.45) is 0 Å². The number of hydrogen-bond donors (Lipinski definition) is 5. The lowest BCUT2D eigenvalue weighted by Gasteiger charge is -2.17. The Kier molecular flexibility index (Phi) is 4.53. The smallest absolute Gasteiger partial charge is 0.147 e. The molecule has 0 fully saturated rings. The highest BCUT2D eigenvalue weighted by Gasteiger charge is 2.16. The summed E-state index contributed by atoms with van der Waals surface area (Å²) in [6, 6.07) is 0. The molecule has 92 valence electrons. The van der Waals surface area contributed by atoms with Gasteiger partial charge in [0.2, 0.25) is 0 Å². The zero-order valence-corrected chi connectivity index (χ0v) is 9.17. The van der Waals surface area contributed by atoms with Crippen LogP contribution >= 0.6 is 0 Å². The summed E-state index contributed by atoms with van der Waals surface area (Å²) in [4.78, 5) is 0. The number of aryl methyl sites for hydroxylation is 1. The van der Waals surface area contributed by atoms with Crippen molar-refractivity contribution < 1.29 is 15.3 Å². The summed E-state index contributed by atoms with van der Waals surface area (Å²) < 4.78 is 1.65. The summed E-state index contributed by atoms with van der Waals surface area (Å²) in [7, 11) is 0. The van der Waals surface area contributed by atoms with Crippen molar-refractivity contribution in [3.8, 4) is 0 Å². The topological polar surface area (TPSA) is 117 Å². The summed E-state index contributed by atoms with van der Waals surface area (Å²) in [6.07, 6.45) is -0.697. The molecular weight excluding hydrogens is 212 g/mol. The summed E-state index contributed by atoms with van der Waals surface area (Å²) in [5, 5.41) is 34.1. The molecule has 0 radical (unpaired) electrons. The fourth-order valence-electron chi connectivity index (χ4n) is 1.29. The van der Waals surface area contributed by atoms with E-state index in [9.17, 15) is 5.11 Å². The van der Waals surface area contributed by atoms with Gasteiger partial charge < -0.3 is 26.4 Å². The van der Waals surface area contributed by atoms with Crippen molar-refractivity contribution in [2.75, 3.05) is 24.2 Å². The molecule has 2 unspecified atom stereocenters. The molecule has 1 rings (SSSR count). The van der Waals surface area contributed by atoms with Gasteiger partial charge in [0, 0.05) is 13.1 Å². The second kappa shape index (κ2) is 5.69. The lowest BCUT2D eigenvalue weighted by atomic mass is 10.2. The summed E-state index contributed by atoms with van der Waals surface area (Å²) >= 11 is 0. The van der Waals surface area contributed by atoms with E-state index >= 15 is 0 Å². The van der Waals surface area contributed by atoms with E-state index in [2.05, 4.69) is 10.4 Å². The number of nitrogens with one attached hydrogen (secondary N) is 1. The van der Waals surface area contributed by atoms with Crippen molar-refractivity contribution in [3.63, 3.8) is 0 Å². The van der Waals surface area contributed by atoms with E-state index < -0.39 is 18.8 Å². The van der Waals surface area contributed by atoms with E-state index in [1.54, 1.807) is 4.68 Å². The van der Waals surface area contributed by atoms with E-state index in [4.69, 9.17) is 15.9 Å². The maximum atomic E-state index is 9.43. The molecule has 0 aliphatic rings. The van der Waals surface area contributed by atoms with Crippen LogP contribution in [0.25, 0.3) is 0 Å². The third-order valence-corrected chi connectivity index (χ3v) is 2.28. The molecule has 1 heterocycles. The zero-order chi connectivity index (χ0) is 12.1. The van der Waals surface area contributed by atoms with E-state index in [-0.39, 0.29) is 6.54 Å². The molecule has 0 bridgehead atoms. The molecule has 7 heteroatoms. The molecule has 0 aromatic carbocycles. The molecule has 7 nitrogen and oxygen atoms in total. The minimum atomic E-state index is -1.16. The van der Waals surface area contributed by atoms with E-state index in [1.807, 2.05) is 6.92 Å². The molecule has 16 heavy (non-hydrogen) atoms. The van der Waals surface area contributed by atoms with E-state index in [0.717, 1.165) is 0 Å². The van der Waals surface area contributed by atoms with Crippen molar-refractivity contribution >= 4 is 11.5 Å². The van der Waals surface area contributed by atoms with Crippen LogP contribution in [0.4, 0.5) is 11.5 Å². The van der Waals surface area contributed by atoms with Gasteiger partial charge in [-0.15, -0.1) is 0 Å². The van der Waals surface area contributed by atoms with Gasteiger partial charge in [-0.05, 0) is 6.92 Å². The average Bonchev–Trinajstić information content (AvgIpc) is 2.65. The Morgan fingerprint density at radius 2 is 2.19 bits per heavy atom. The van der Waals surface area contributed by atoms with Crippen LogP contribution in [0, 0.1) is 0 Å². The predicted molar refractivity (Wildman–Crippen MR) is 59.9 cm³/mol. The van der Waals surface area contributed by atoms with Crippen LogP contribution in [0.15, 0.2) is 6.20 Å². The normalized spacial score (nSPS) is 14.8. The third kappa shape index (κ3) is 2.84. The zero-order valence-electron chi connectivity index (χ0n) is 9.17. The summed E-state index contributed by atoms with van der Waals surface area (Å²) in [5.41, 5.74) is 6.15. The Hall–Kier alpha value is -1.31. The van der Waals surface area contributed by atoms with Gasteiger partial charge in [-0.3, -0.25) is 0 Å². The first kappa shape index (κ1) is 12.8. The Balaban J connectivity index is 2.57. The first-order valence-corrected chi connectivity index (χ1v) is 5.12. The largest absolute Gasteiger partial charge is 0.394 e. The van der Waals surface area contributed by atoms with Crippen LogP contribution in [0.2, 0.25) is 0 Å². The number of hydrogen-bond acceptors (Lipinski definition) is 6. The van der Waals surface area contributed by atoms with Crippen molar-refractivity contribution in [3.05, 3.63) is 6.20 Å². The van der Waals surface area contributed by atoms with Crippen LogP contribution in [0.1, 0.15) is 6.92 Å². The van der Waals surface area contributed by atoms with Gasteiger partial charge in [0.25, 0.3) is 0 Å². The molecule has 0 aliphatic carbocycles. The van der Waals surface area contributed by atoms with Gasteiger partial charge in [0.1, 0.15) is 11.9 Å². The van der Waals surface area contributed by atoms with Gasteiger partial charge in [0.05, 0.1) is 24.6 Å². The third-order valence-electron chi connectivity index (χ3n) is 2.28. The molecule has 0 saturated carbocycles. The van der Waals surface area contributed by atoms with Gasteiger partial charge in [-0.2, -0.15) is 5.10 Å². The lowest BCUT2D eigenvalue weighted by molar-refractivity contribution is -0.00706. The second-order valence-electron chi connectivity index (χ2n) is 3.46. The van der Waals surface area contributed by atoms with Crippen LogP contribution in [-0.2, 0) is 6.54 Å². The number of nitrogen functional groups attached to an aromatic ring is 1. The van der Waals surface area contributed by atoms with E-state index in [1.165, 1.54) is 6.20 Å². The number of nitrogens with zero attached hydrogens (tertiary/aromatic N) is 2. The fourth-order valence-corrected chi connectivity index (χ4v) is 1.29. The van der Waals surface area contributed by atoms with Gasteiger partial charge in [0.15, 0.2) is 0 Å². The second-order valence-corrected chi connectivity index (χ2v) is 3.46. The highest BCUT2D eigenvalue weighted by molar-refractivity contribution is 5.60. The Morgan fingerprint density at radius 1 is 1.50 bits per heavy atom. The standard InChI is InChI=1S/C9H18N4O3/c1-2-13-9(6(10)3-12-13)11-4-7(15)8(16)5-14/h3,7-8,11,14-16H,2,4-5,10H2,1H3. The Bertz CT molecular complexity index is 329. The summed E-state index contributed by atoms with van der Waals surface area (Å²) in [6.45, 7) is 2.18. The molecule has 1 aromatic rings. The molecule has 0 aliphatic heterocycles. The highest BCUT2D eigenvalue weighted by Crippen LogP contribution is 2.17. The lowest BCUT2D eigenvalue weighted by Crippen LogP contribution is -2.35. The number of aromatic nitrogens is 2. The number of rotatable bonds is 6. The van der Waals surface area contributed by atoms with Gasteiger partial charge in [-0.1, -0.05) is 0 Å². The van der Waals surface area contributed by atoms with Crippen molar-refractivity contribution in [1.29, 1.82) is 0 Å². The predicted octanol–water partition coefficient (Wildman–Crippen LogP) is -1.39. The average molecular weight is 230 g/mol. The molecule has 1 aromatic heterocycles. The summed E-state index contributed by atoms with van der Waals surface area (Å²) in [5.74, 6) is 0.603. The minimum Gasteiger partial charge on any atom is -0.394 e. The number of aliphatic hydroxyl groups is 3. The molecule has 6 N–H and O–H groups in total. The monoisotopic (exact) mass is 230 g/mol. The molecular formula is C9H18N4O3. The Labute approximate surface area is 93.5 Å². The first-order chi connectivity index (χ1) is 7.60. The quantitative estimate of drug-likeness (QED) is 0.411. The molecule has 0 spiro atoms. The molecule has 2 atom stereocenters. The first-order valence-electron chi connectivity index (χ1n) is 5.12. The molecule has 0 amide bonds. The van der Waals surface area contributed by atoms with Crippen molar-refractivity contribution in [2.45, 2.75) is 25.7 Å². The van der Waals surface area contributed by atoms with Crippen LogP contribution in [0.3, 0.4) is 0 Å². The number of aliphatic hydroxyl groups excluding tert-OH is 3. The number of nitrogens with two attached hydrogens (primary N) is 1. The van der Waals surface area contributed by atoms with Crippen molar-refractivity contribution in [1.82, 2.24) is 9.78 Å². The fraction of sp³-hybridized carbons (Fsp3) is 0.667. The van der Waals surface area contributed by atoms with Crippen LogP contribution in [-0.4, -0.2) is 50.5 Å². The maximum absolute atomic E-state index is 9.43. The van der Waals surface area contributed by atoms with Crippen LogP contribution in [0.5, 0.6) is 0 Å².